The molecule has 1 N–H and O–H groups in total. The summed E-state index contributed by atoms with van der Waals surface area (Å²) in [4.78, 5) is 20.0. The third-order valence-electron chi connectivity index (χ3n) is 3.17. The Morgan fingerprint density at radius 1 is 1.15 bits per heavy atom. The molecular formula is C15H13NO3Se. The Balaban J connectivity index is 2.32. The van der Waals surface area contributed by atoms with Crippen LogP contribution in [0, 0.1) is 0 Å². The van der Waals surface area contributed by atoms with Gasteiger partial charge in [0, 0.05) is 0 Å². The monoisotopic (exact) mass is 335 g/mol. The molecule has 0 fully saturated rings. The molecule has 3 aromatic rings. The Labute approximate surface area is 121 Å². The van der Waals surface area contributed by atoms with E-state index in [-0.39, 0.29) is 5.43 Å². The first-order valence-electron chi connectivity index (χ1n) is 6.05. The average molecular weight is 334 g/mol. The maximum atomic E-state index is 12.4. The SMILES string of the molecule is COc1ccc2[nH]c(-c3cc[se]c3)cc(=O)c2c1OC. The summed E-state index contributed by atoms with van der Waals surface area (Å²) in [7, 11) is 3.10. The van der Waals surface area contributed by atoms with Crippen LogP contribution >= 0.6 is 0 Å². The van der Waals surface area contributed by atoms with Crippen molar-refractivity contribution in [2.45, 2.75) is 0 Å². The van der Waals surface area contributed by atoms with Gasteiger partial charge < -0.3 is 0 Å². The van der Waals surface area contributed by atoms with Crippen LogP contribution in [0.4, 0.5) is 0 Å². The van der Waals surface area contributed by atoms with Gasteiger partial charge in [-0.3, -0.25) is 0 Å². The van der Waals surface area contributed by atoms with E-state index in [1.165, 1.54) is 7.11 Å². The fraction of sp³-hybridized carbons (Fsp3) is 0.133. The average Bonchev–Trinajstić information content (AvgIpc) is 3.00. The number of pyridine rings is 1. The summed E-state index contributed by atoms with van der Waals surface area (Å²) in [5, 5.41) is 0.517. The van der Waals surface area contributed by atoms with E-state index in [2.05, 4.69) is 14.9 Å². The Hall–Kier alpha value is -1.97. The normalized spacial score (nSPS) is 10.7. The Morgan fingerprint density at radius 2 is 2.00 bits per heavy atom. The van der Waals surface area contributed by atoms with Crippen molar-refractivity contribution < 1.29 is 9.47 Å². The van der Waals surface area contributed by atoms with E-state index in [0.29, 0.717) is 31.4 Å². The number of H-pyrrole nitrogens is 1. The number of ether oxygens (including phenoxy) is 2. The van der Waals surface area contributed by atoms with Crippen LogP contribution in [0.5, 0.6) is 11.5 Å². The second-order valence-electron chi connectivity index (χ2n) is 4.28. The fourth-order valence-electron chi connectivity index (χ4n) is 2.23. The summed E-state index contributed by atoms with van der Waals surface area (Å²) < 4.78 is 10.6. The van der Waals surface area contributed by atoms with Crippen LogP contribution in [0.3, 0.4) is 0 Å². The minimum atomic E-state index is -0.0711. The van der Waals surface area contributed by atoms with E-state index in [1.54, 1.807) is 19.2 Å². The number of hydrogen-bond donors (Lipinski definition) is 1. The number of methoxy groups -OCH3 is 2. The molecule has 0 bridgehead atoms. The van der Waals surface area contributed by atoms with Crippen LogP contribution in [-0.2, 0) is 0 Å². The topological polar surface area (TPSA) is 51.3 Å². The molecule has 3 rings (SSSR count). The van der Waals surface area contributed by atoms with Crippen LogP contribution in [0.25, 0.3) is 22.2 Å². The number of aromatic nitrogens is 1. The van der Waals surface area contributed by atoms with Gasteiger partial charge in [0.15, 0.2) is 0 Å². The molecule has 0 aliphatic carbocycles. The first-order chi connectivity index (χ1) is 9.74. The molecule has 5 heteroatoms. The second-order valence-corrected chi connectivity index (χ2v) is 5.92. The van der Waals surface area contributed by atoms with E-state index >= 15 is 0 Å². The zero-order valence-corrected chi connectivity index (χ0v) is 12.8. The Morgan fingerprint density at radius 3 is 2.65 bits per heavy atom. The second kappa shape index (κ2) is 5.19. The number of rotatable bonds is 3. The maximum absolute atomic E-state index is 12.4. The van der Waals surface area contributed by atoms with Crippen LogP contribution in [0.2, 0.25) is 0 Å². The third-order valence-corrected chi connectivity index (χ3v) is 4.60. The van der Waals surface area contributed by atoms with Gasteiger partial charge in [-0.1, -0.05) is 0 Å². The first kappa shape index (κ1) is 13.0. The van der Waals surface area contributed by atoms with Gasteiger partial charge in [0.25, 0.3) is 0 Å². The van der Waals surface area contributed by atoms with Gasteiger partial charge in [-0.15, -0.1) is 0 Å². The number of nitrogens with one attached hydrogen (secondary N) is 1. The zero-order chi connectivity index (χ0) is 14.1. The summed E-state index contributed by atoms with van der Waals surface area (Å²) in [6.07, 6.45) is 0. The molecule has 0 amide bonds. The summed E-state index contributed by atoms with van der Waals surface area (Å²) in [5.74, 6) is 1.03. The summed E-state index contributed by atoms with van der Waals surface area (Å²) in [6.45, 7) is 0. The molecule has 1 aromatic carbocycles. The molecule has 4 nitrogen and oxygen atoms in total. The molecule has 0 aliphatic rings. The van der Waals surface area contributed by atoms with Crippen molar-refractivity contribution in [2.75, 3.05) is 14.2 Å². The van der Waals surface area contributed by atoms with Crippen molar-refractivity contribution in [2.24, 2.45) is 0 Å². The van der Waals surface area contributed by atoms with E-state index in [0.717, 1.165) is 16.8 Å². The molecule has 0 aliphatic heterocycles. The van der Waals surface area contributed by atoms with E-state index < -0.39 is 0 Å². The molecule has 2 heterocycles. The third kappa shape index (κ3) is 2.05. The number of aromatic amines is 1. The zero-order valence-electron chi connectivity index (χ0n) is 11.1. The number of fused-ring (bicyclic) bond motifs is 1. The van der Waals surface area contributed by atoms with Gasteiger partial charge in [0.05, 0.1) is 0 Å². The van der Waals surface area contributed by atoms with Crippen LogP contribution < -0.4 is 14.9 Å². The van der Waals surface area contributed by atoms with Gasteiger partial charge in [-0.05, 0) is 0 Å². The summed E-state index contributed by atoms with van der Waals surface area (Å²) in [5.41, 5.74) is 2.58. The number of hydrogen-bond acceptors (Lipinski definition) is 3. The van der Waals surface area contributed by atoms with Crippen LogP contribution in [0.1, 0.15) is 0 Å². The molecule has 20 heavy (non-hydrogen) atoms. The van der Waals surface area contributed by atoms with Gasteiger partial charge >= 0.3 is 121 Å². The van der Waals surface area contributed by atoms with Gasteiger partial charge in [0.2, 0.25) is 0 Å². The van der Waals surface area contributed by atoms with Crippen molar-refractivity contribution in [3.05, 3.63) is 44.4 Å². The van der Waals surface area contributed by atoms with Crippen LogP contribution in [-0.4, -0.2) is 33.7 Å². The minimum absolute atomic E-state index is 0.0711. The molecule has 2 aromatic heterocycles. The molecule has 102 valence electrons. The standard InChI is InChI=1S/C15H13NO3Se/c1-18-13-4-3-10-14(15(13)19-2)12(17)7-11(16-10)9-5-6-20-8-9/h3-8H,1-2H3,(H,16,17). The predicted molar refractivity (Wildman–Crippen MR) is 80.0 cm³/mol. The first-order valence-corrected chi connectivity index (χ1v) is 8.03. The van der Waals surface area contributed by atoms with Crippen molar-refractivity contribution >= 4 is 25.4 Å². The molecule has 0 radical (unpaired) electrons. The van der Waals surface area contributed by atoms with Gasteiger partial charge in [-0.25, -0.2) is 0 Å². The molecule has 0 atom stereocenters. The van der Waals surface area contributed by atoms with Gasteiger partial charge in [0.1, 0.15) is 0 Å². The van der Waals surface area contributed by atoms with E-state index in [4.69, 9.17) is 9.47 Å². The summed E-state index contributed by atoms with van der Waals surface area (Å²) >= 11 is 0.388. The Bertz CT molecular complexity index is 806. The van der Waals surface area contributed by atoms with Crippen molar-refractivity contribution in [3.63, 3.8) is 0 Å². The van der Waals surface area contributed by atoms with Gasteiger partial charge in [-0.2, -0.15) is 0 Å². The summed E-state index contributed by atoms with van der Waals surface area (Å²) in [6, 6.07) is 7.29. The van der Waals surface area contributed by atoms with E-state index in [1.807, 2.05) is 12.1 Å². The molecular weight excluding hydrogens is 321 g/mol. The van der Waals surface area contributed by atoms with Crippen molar-refractivity contribution in [3.8, 4) is 22.8 Å². The molecule has 0 unspecified atom stereocenters. The molecule has 0 saturated carbocycles. The predicted octanol–water partition coefficient (Wildman–Crippen LogP) is 2.27. The van der Waals surface area contributed by atoms with E-state index in [9.17, 15) is 4.79 Å². The van der Waals surface area contributed by atoms with Crippen molar-refractivity contribution in [1.29, 1.82) is 0 Å². The fourth-order valence-corrected chi connectivity index (χ4v) is 3.61. The molecule has 0 spiro atoms. The Kier molecular flexibility index (Phi) is 3.38. The molecule has 0 saturated heterocycles. The van der Waals surface area contributed by atoms with Crippen LogP contribution in [0.15, 0.2) is 38.9 Å². The number of benzene rings is 1. The quantitative estimate of drug-likeness (QED) is 0.748. The van der Waals surface area contributed by atoms with Crippen molar-refractivity contribution in [1.82, 2.24) is 4.98 Å².